The lowest BCUT2D eigenvalue weighted by atomic mass is 9.93. The minimum atomic E-state index is -0.472. The number of hydrogen-bond donors (Lipinski definition) is 2. The number of anilines is 1. The molecule has 1 aromatic carbocycles. The van der Waals surface area contributed by atoms with Crippen LogP contribution in [0.3, 0.4) is 0 Å². The molecule has 1 aromatic rings. The lowest BCUT2D eigenvalue weighted by Crippen LogP contribution is -2.39. The standard InChI is InChI=1S/C14H16BrN3O3/c15-11-5-4-9(6-12(11)18(20)21)17-14(19)13-10-3-1-2-8(10)7-16-13/h4-6,8,10,13,16H,1-3,7H2,(H,17,19). The van der Waals surface area contributed by atoms with Crippen LogP contribution in [0.15, 0.2) is 22.7 Å². The van der Waals surface area contributed by atoms with Crippen LogP contribution in [0.25, 0.3) is 0 Å². The highest BCUT2D eigenvalue weighted by Crippen LogP contribution is 2.38. The number of carbonyl (C=O) groups excluding carboxylic acids is 1. The van der Waals surface area contributed by atoms with Crippen LogP contribution in [0.1, 0.15) is 19.3 Å². The molecule has 21 heavy (non-hydrogen) atoms. The molecule has 1 aliphatic carbocycles. The van der Waals surface area contributed by atoms with Crippen molar-refractivity contribution >= 4 is 33.2 Å². The summed E-state index contributed by atoms with van der Waals surface area (Å²) in [4.78, 5) is 22.8. The van der Waals surface area contributed by atoms with Gasteiger partial charge in [-0.3, -0.25) is 14.9 Å². The maximum absolute atomic E-state index is 12.4. The third-order valence-corrected chi connectivity index (χ3v) is 5.11. The number of nitrogens with one attached hydrogen (secondary N) is 2. The second-order valence-electron chi connectivity index (χ2n) is 5.65. The lowest BCUT2D eigenvalue weighted by molar-refractivity contribution is -0.385. The summed E-state index contributed by atoms with van der Waals surface area (Å²) in [6.07, 6.45) is 3.45. The molecule has 0 spiro atoms. The number of carbonyl (C=O) groups is 1. The average Bonchev–Trinajstić information content (AvgIpc) is 3.02. The van der Waals surface area contributed by atoms with Crippen LogP contribution in [-0.2, 0) is 4.79 Å². The molecule has 1 saturated carbocycles. The number of rotatable bonds is 3. The molecule has 0 radical (unpaired) electrons. The Morgan fingerprint density at radius 1 is 1.43 bits per heavy atom. The molecule has 112 valence electrons. The Labute approximate surface area is 130 Å². The van der Waals surface area contributed by atoms with Gasteiger partial charge in [0.15, 0.2) is 0 Å². The van der Waals surface area contributed by atoms with Gasteiger partial charge in [0, 0.05) is 11.8 Å². The van der Waals surface area contributed by atoms with Crippen LogP contribution in [-0.4, -0.2) is 23.4 Å². The first-order chi connectivity index (χ1) is 10.1. The predicted octanol–water partition coefficient (Wildman–Crippen LogP) is 2.68. The molecule has 2 aliphatic rings. The minimum Gasteiger partial charge on any atom is -0.324 e. The van der Waals surface area contributed by atoms with Gasteiger partial charge in [0.1, 0.15) is 0 Å². The van der Waals surface area contributed by atoms with E-state index in [0.29, 0.717) is 22.0 Å². The highest BCUT2D eigenvalue weighted by atomic mass is 79.9. The lowest BCUT2D eigenvalue weighted by Gasteiger charge is -2.17. The number of nitrogens with zero attached hydrogens (tertiary/aromatic N) is 1. The molecule has 3 atom stereocenters. The Morgan fingerprint density at radius 3 is 3.00 bits per heavy atom. The third-order valence-electron chi connectivity index (χ3n) is 4.44. The number of fused-ring (bicyclic) bond motifs is 1. The van der Waals surface area contributed by atoms with Gasteiger partial charge in [-0.05, 0) is 59.3 Å². The summed E-state index contributed by atoms with van der Waals surface area (Å²) in [5, 5.41) is 17.0. The molecule has 0 bridgehead atoms. The van der Waals surface area contributed by atoms with Crippen molar-refractivity contribution < 1.29 is 9.72 Å². The zero-order valence-electron chi connectivity index (χ0n) is 11.3. The summed E-state index contributed by atoms with van der Waals surface area (Å²) in [5.41, 5.74) is 0.407. The summed E-state index contributed by atoms with van der Waals surface area (Å²) in [5.74, 6) is 0.899. The maximum Gasteiger partial charge on any atom is 0.285 e. The van der Waals surface area contributed by atoms with E-state index in [4.69, 9.17) is 0 Å². The van der Waals surface area contributed by atoms with E-state index in [0.717, 1.165) is 13.0 Å². The van der Waals surface area contributed by atoms with E-state index in [1.165, 1.54) is 18.9 Å². The van der Waals surface area contributed by atoms with Crippen molar-refractivity contribution in [2.75, 3.05) is 11.9 Å². The molecular formula is C14H16BrN3O3. The van der Waals surface area contributed by atoms with Gasteiger partial charge >= 0.3 is 0 Å². The van der Waals surface area contributed by atoms with E-state index in [1.807, 2.05) is 0 Å². The molecule has 3 unspecified atom stereocenters. The van der Waals surface area contributed by atoms with Crippen molar-refractivity contribution in [1.82, 2.24) is 5.32 Å². The summed E-state index contributed by atoms with van der Waals surface area (Å²) >= 11 is 3.13. The molecule has 1 aliphatic heterocycles. The summed E-state index contributed by atoms with van der Waals surface area (Å²) in [7, 11) is 0. The SMILES string of the molecule is O=C(Nc1ccc(Br)c([N+](=O)[O-])c1)C1NCC2CCCC21. The number of nitro benzene ring substituents is 1. The first kappa shape index (κ1) is 14.5. The molecule has 2 fully saturated rings. The van der Waals surface area contributed by atoms with Crippen molar-refractivity contribution in [3.63, 3.8) is 0 Å². The van der Waals surface area contributed by atoms with Crippen LogP contribution in [0, 0.1) is 22.0 Å². The second-order valence-corrected chi connectivity index (χ2v) is 6.51. The smallest absolute Gasteiger partial charge is 0.285 e. The van der Waals surface area contributed by atoms with E-state index in [2.05, 4.69) is 26.6 Å². The van der Waals surface area contributed by atoms with Gasteiger partial charge in [-0.2, -0.15) is 0 Å². The Balaban J connectivity index is 1.73. The Bertz CT molecular complexity index is 593. The first-order valence-electron chi connectivity index (χ1n) is 7.04. The molecular weight excluding hydrogens is 338 g/mol. The highest BCUT2D eigenvalue weighted by Gasteiger charge is 2.42. The fourth-order valence-corrected chi connectivity index (χ4v) is 3.82. The maximum atomic E-state index is 12.4. The Hall–Kier alpha value is -1.47. The zero-order valence-corrected chi connectivity index (χ0v) is 12.9. The molecule has 1 heterocycles. The monoisotopic (exact) mass is 353 g/mol. The van der Waals surface area contributed by atoms with Crippen molar-refractivity contribution in [3.05, 3.63) is 32.8 Å². The molecule has 0 aromatic heterocycles. The van der Waals surface area contributed by atoms with E-state index in [9.17, 15) is 14.9 Å². The first-order valence-corrected chi connectivity index (χ1v) is 7.84. The average molecular weight is 354 g/mol. The van der Waals surface area contributed by atoms with E-state index >= 15 is 0 Å². The Morgan fingerprint density at radius 2 is 2.24 bits per heavy atom. The molecule has 6 nitrogen and oxygen atoms in total. The fourth-order valence-electron chi connectivity index (χ4n) is 3.42. The topological polar surface area (TPSA) is 84.3 Å². The van der Waals surface area contributed by atoms with Gasteiger partial charge in [0.25, 0.3) is 5.69 Å². The van der Waals surface area contributed by atoms with Crippen LogP contribution in [0.5, 0.6) is 0 Å². The quantitative estimate of drug-likeness (QED) is 0.646. The van der Waals surface area contributed by atoms with Crippen LogP contribution in [0.2, 0.25) is 0 Å². The largest absolute Gasteiger partial charge is 0.324 e. The highest BCUT2D eigenvalue weighted by molar-refractivity contribution is 9.10. The van der Waals surface area contributed by atoms with Gasteiger partial charge in [-0.1, -0.05) is 6.42 Å². The van der Waals surface area contributed by atoms with Gasteiger partial charge in [0.2, 0.25) is 5.91 Å². The van der Waals surface area contributed by atoms with Crippen molar-refractivity contribution in [2.24, 2.45) is 11.8 Å². The number of amides is 1. The Kier molecular flexibility index (Phi) is 3.95. The molecule has 7 heteroatoms. The van der Waals surface area contributed by atoms with Gasteiger partial charge in [-0.25, -0.2) is 0 Å². The normalized spacial score (nSPS) is 27.4. The van der Waals surface area contributed by atoms with Gasteiger partial charge in [0.05, 0.1) is 15.4 Å². The fraction of sp³-hybridized carbons (Fsp3) is 0.500. The third kappa shape index (κ3) is 2.80. The van der Waals surface area contributed by atoms with Gasteiger partial charge < -0.3 is 10.6 Å². The van der Waals surface area contributed by atoms with Crippen LogP contribution in [0.4, 0.5) is 11.4 Å². The molecule has 1 amide bonds. The number of halogens is 1. The second kappa shape index (κ2) is 5.73. The number of benzene rings is 1. The molecule has 3 rings (SSSR count). The zero-order chi connectivity index (χ0) is 15.0. The van der Waals surface area contributed by atoms with Crippen LogP contribution >= 0.6 is 15.9 Å². The number of nitro groups is 1. The van der Waals surface area contributed by atoms with Gasteiger partial charge in [-0.15, -0.1) is 0 Å². The summed E-state index contributed by atoms with van der Waals surface area (Å²) in [6.45, 7) is 0.892. The van der Waals surface area contributed by atoms with Crippen molar-refractivity contribution in [2.45, 2.75) is 25.3 Å². The van der Waals surface area contributed by atoms with Crippen LogP contribution < -0.4 is 10.6 Å². The minimum absolute atomic E-state index is 0.0501. The van der Waals surface area contributed by atoms with Crippen molar-refractivity contribution in [3.8, 4) is 0 Å². The number of hydrogen-bond acceptors (Lipinski definition) is 4. The van der Waals surface area contributed by atoms with Crippen molar-refractivity contribution in [1.29, 1.82) is 0 Å². The molecule has 1 saturated heterocycles. The van der Waals surface area contributed by atoms with E-state index in [-0.39, 0.29) is 17.6 Å². The molecule has 2 N–H and O–H groups in total. The summed E-state index contributed by atoms with van der Waals surface area (Å²) in [6, 6.07) is 4.44. The summed E-state index contributed by atoms with van der Waals surface area (Å²) < 4.78 is 0.403. The van der Waals surface area contributed by atoms with E-state index in [1.54, 1.807) is 12.1 Å². The van der Waals surface area contributed by atoms with E-state index < -0.39 is 4.92 Å². The predicted molar refractivity (Wildman–Crippen MR) is 82.0 cm³/mol.